The van der Waals surface area contributed by atoms with E-state index in [4.69, 9.17) is 9.57 Å². The Kier molecular flexibility index (Phi) is 2.61. The average Bonchev–Trinajstić information content (AvgIpc) is 2.92. The molecule has 2 aliphatic rings. The maximum Gasteiger partial charge on any atom is 0.128 e. The van der Waals surface area contributed by atoms with Crippen LogP contribution in [0.15, 0.2) is 24.3 Å². The Hall–Kier alpha value is -1.04. The minimum atomic E-state index is -1.12. The van der Waals surface area contributed by atoms with E-state index in [1.165, 1.54) is 6.07 Å². The van der Waals surface area contributed by atoms with E-state index in [9.17, 15) is 8.78 Å². The van der Waals surface area contributed by atoms with Gasteiger partial charge in [-0.2, -0.15) is 5.48 Å². The highest BCUT2D eigenvalue weighted by molar-refractivity contribution is 5.29. The molecule has 0 aromatic heterocycles. The second-order valence-corrected chi connectivity index (χ2v) is 4.49. The summed E-state index contributed by atoms with van der Waals surface area (Å²) < 4.78 is 32.6. The Morgan fingerprint density at radius 1 is 1.35 bits per heavy atom. The first-order valence-electron chi connectivity index (χ1n) is 5.59. The average molecular weight is 241 g/mol. The lowest BCUT2D eigenvalue weighted by Crippen LogP contribution is -2.45. The number of hydrogen-bond acceptors (Lipinski definition) is 3. The maximum absolute atomic E-state index is 13.8. The minimum Gasteiger partial charge on any atom is -0.378 e. The van der Waals surface area contributed by atoms with E-state index in [1.54, 1.807) is 18.2 Å². The van der Waals surface area contributed by atoms with Crippen molar-refractivity contribution in [2.45, 2.75) is 11.6 Å². The molecule has 2 saturated heterocycles. The molecule has 2 heterocycles. The van der Waals surface area contributed by atoms with Crippen LogP contribution in [0, 0.1) is 11.7 Å². The third-order valence-corrected chi connectivity index (χ3v) is 3.62. The van der Waals surface area contributed by atoms with Crippen LogP contribution in [0.1, 0.15) is 5.56 Å². The number of ether oxygens (including phenoxy) is 1. The molecule has 3 rings (SSSR count). The van der Waals surface area contributed by atoms with Gasteiger partial charge >= 0.3 is 0 Å². The summed E-state index contributed by atoms with van der Waals surface area (Å²) in [6, 6.07) is 6.20. The van der Waals surface area contributed by atoms with Gasteiger partial charge < -0.3 is 4.74 Å². The fraction of sp³-hybridized carbons (Fsp3) is 0.500. The Bertz CT molecular complexity index is 429. The Morgan fingerprint density at radius 3 is 2.94 bits per heavy atom. The van der Waals surface area contributed by atoms with E-state index in [0.29, 0.717) is 18.8 Å². The summed E-state index contributed by atoms with van der Waals surface area (Å²) in [4.78, 5) is 5.31. The van der Waals surface area contributed by atoms with Gasteiger partial charge in [0.2, 0.25) is 0 Å². The Labute approximate surface area is 97.7 Å². The number of hydroxylamine groups is 1. The molecule has 1 N–H and O–H groups in total. The third-order valence-electron chi connectivity index (χ3n) is 3.62. The van der Waals surface area contributed by atoms with Gasteiger partial charge in [0.05, 0.1) is 13.2 Å². The van der Waals surface area contributed by atoms with Gasteiger partial charge in [-0.1, -0.05) is 18.2 Å². The molecule has 3 atom stereocenters. The number of rotatable bonds is 2. The molecule has 2 fully saturated rings. The molecule has 1 aromatic rings. The SMILES string of the molecule is FC[C@]1(c2ccccc2F)NO[C@@H]2COC[C@@H]21. The van der Waals surface area contributed by atoms with Crippen molar-refractivity contribution < 1.29 is 18.4 Å². The van der Waals surface area contributed by atoms with Crippen LogP contribution in [0.2, 0.25) is 0 Å². The van der Waals surface area contributed by atoms with Gasteiger partial charge in [0.15, 0.2) is 0 Å². The standard InChI is InChI=1S/C12H13F2NO2/c13-7-12(8-3-1-2-4-10(8)14)9-5-16-6-11(9)17-15-12/h1-4,9,11,15H,5-7H2/t9-,11+,12+/m0/s1. The predicted octanol–water partition coefficient (Wildman–Crippen LogP) is 1.54. The summed E-state index contributed by atoms with van der Waals surface area (Å²) in [6.07, 6.45) is -0.203. The fourth-order valence-electron chi connectivity index (χ4n) is 2.64. The molecule has 1 aromatic carbocycles. The van der Waals surface area contributed by atoms with Crippen molar-refractivity contribution in [3.05, 3.63) is 35.6 Å². The van der Waals surface area contributed by atoms with Crippen molar-refractivity contribution in [3.63, 3.8) is 0 Å². The van der Waals surface area contributed by atoms with Crippen LogP contribution in [0.25, 0.3) is 0 Å². The second kappa shape index (κ2) is 4.01. The van der Waals surface area contributed by atoms with Crippen LogP contribution in [0.5, 0.6) is 0 Å². The van der Waals surface area contributed by atoms with Gasteiger partial charge in [-0.15, -0.1) is 0 Å². The predicted molar refractivity (Wildman–Crippen MR) is 56.4 cm³/mol. The summed E-state index contributed by atoms with van der Waals surface area (Å²) >= 11 is 0. The summed E-state index contributed by atoms with van der Waals surface area (Å²) in [5, 5.41) is 0. The molecule has 0 saturated carbocycles. The number of hydrogen-bond donors (Lipinski definition) is 1. The lowest BCUT2D eigenvalue weighted by molar-refractivity contribution is -0.0205. The molecule has 3 nitrogen and oxygen atoms in total. The van der Waals surface area contributed by atoms with Gasteiger partial charge in [0.25, 0.3) is 0 Å². The topological polar surface area (TPSA) is 30.5 Å². The van der Waals surface area contributed by atoms with E-state index >= 15 is 0 Å². The van der Waals surface area contributed by atoms with Crippen LogP contribution < -0.4 is 5.48 Å². The lowest BCUT2D eigenvalue weighted by atomic mass is 9.79. The molecule has 92 valence electrons. The highest BCUT2D eigenvalue weighted by Crippen LogP contribution is 2.42. The summed E-state index contributed by atoms with van der Waals surface area (Å²) in [5.41, 5.74) is 1.87. The van der Waals surface area contributed by atoms with E-state index in [1.807, 2.05) is 0 Å². The number of alkyl halides is 1. The molecule has 0 amide bonds. The molecular formula is C12H13F2NO2. The smallest absolute Gasteiger partial charge is 0.128 e. The van der Waals surface area contributed by atoms with E-state index in [2.05, 4.69) is 5.48 Å². The maximum atomic E-state index is 13.8. The first-order chi connectivity index (χ1) is 8.28. The number of halogens is 2. The molecule has 17 heavy (non-hydrogen) atoms. The normalized spacial score (nSPS) is 36.1. The van der Waals surface area contributed by atoms with Crippen LogP contribution in [-0.2, 0) is 15.1 Å². The number of fused-ring (bicyclic) bond motifs is 1. The highest BCUT2D eigenvalue weighted by atomic mass is 19.1. The van der Waals surface area contributed by atoms with Gasteiger partial charge in [-0.3, -0.25) is 4.84 Å². The molecule has 0 aliphatic carbocycles. The van der Waals surface area contributed by atoms with Crippen molar-refractivity contribution in [1.29, 1.82) is 0 Å². The van der Waals surface area contributed by atoms with Gasteiger partial charge in [-0.05, 0) is 6.07 Å². The minimum absolute atomic E-state index is 0.190. The van der Waals surface area contributed by atoms with Crippen molar-refractivity contribution in [2.75, 3.05) is 19.9 Å². The van der Waals surface area contributed by atoms with Gasteiger partial charge in [-0.25, -0.2) is 8.78 Å². The van der Waals surface area contributed by atoms with Crippen LogP contribution in [0.4, 0.5) is 8.78 Å². The molecule has 5 heteroatoms. The number of nitrogens with one attached hydrogen (secondary N) is 1. The zero-order valence-electron chi connectivity index (χ0n) is 9.16. The molecular weight excluding hydrogens is 228 g/mol. The van der Waals surface area contributed by atoms with Crippen molar-refractivity contribution in [1.82, 2.24) is 5.48 Å². The highest BCUT2D eigenvalue weighted by Gasteiger charge is 2.55. The Balaban J connectivity index is 2.06. The largest absolute Gasteiger partial charge is 0.378 e. The third kappa shape index (κ3) is 1.50. The van der Waals surface area contributed by atoms with Crippen LogP contribution in [-0.4, -0.2) is 26.0 Å². The molecule has 0 unspecified atom stereocenters. The monoisotopic (exact) mass is 241 g/mol. The zero-order valence-corrected chi connectivity index (χ0v) is 9.16. The first kappa shape index (κ1) is 11.1. The first-order valence-corrected chi connectivity index (χ1v) is 5.59. The van der Waals surface area contributed by atoms with Crippen molar-refractivity contribution in [2.24, 2.45) is 5.92 Å². The molecule has 2 aliphatic heterocycles. The lowest BCUT2D eigenvalue weighted by Gasteiger charge is -2.30. The van der Waals surface area contributed by atoms with E-state index in [0.717, 1.165) is 0 Å². The van der Waals surface area contributed by atoms with Crippen molar-refractivity contribution >= 4 is 0 Å². The quantitative estimate of drug-likeness (QED) is 0.852. The van der Waals surface area contributed by atoms with Crippen LogP contribution >= 0.6 is 0 Å². The van der Waals surface area contributed by atoms with Gasteiger partial charge in [0, 0.05) is 11.5 Å². The van der Waals surface area contributed by atoms with E-state index in [-0.39, 0.29) is 12.0 Å². The molecule has 0 bridgehead atoms. The number of benzene rings is 1. The van der Waals surface area contributed by atoms with Crippen molar-refractivity contribution in [3.8, 4) is 0 Å². The zero-order chi connectivity index (χ0) is 11.9. The molecule has 0 spiro atoms. The summed E-state index contributed by atoms with van der Waals surface area (Å²) in [5.74, 6) is -0.613. The second-order valence-electron chi connectivity index (χ2n) is 4.49. The Morgan fingerprint density at radius 2 is 2.18 bits per heavy atom. The van der Waals surface area contributed by atoms with Gasteiger partial charge in [0.1, 0.15) is 24.1 Å². The fourth-order valence-corrected chi connectivity index (χ4v) is 2.64. The summed E-state index contributed by atoms with van der Waals surface area (Å²) in [6.45, 7) is 0.0856. The van der Waals surface area contributed by atoms with E-state index < -0.39 is 18.0 Å². The summed E-state index contributed by atoms with van der Waals surface area (Å²) in [7, 11) is 0. The van der Waals surface area contributed by atoms with Crippen LogP contribution in [0.3, 0.4) is 0 Å². The molecule has 0 radical (unpaired) electrons.